The summed E-state index contributed by atoms with van der Waals surface area (Å²) in [6.45, 7) is 3.59. The number of carbonyl (C=O) groups excluding carboxylic acids is 3. The topological polar surface area (TPSA) is 123 Å². The second-order valence-corrected chi connectivity index (χ2v) is 11.0. The number of nitrogens with one attached hydrogen (secondary N) is 4. The summed E-state index contributed by atoms with van der Waals surface area (Å²) in [5.74, 6) is -1.42. The Balaban J connectivity index is 1.23. The molecule has 0 atom stereocenters. The van der Waals surface area contributed by atoms with Gasteiger partial charge in [-0.1, -0.05) is 53.5 Å². The third-order valence-corrected chi connectivity index (χ3v) is 7.94. The summed E-state index contributed by atoms with van der Waals surface area (Å²) in [5.41, 5.74) is 4.13. The highest BCUT2D eigenvalue weighted by molar-refractivity contribution is 6.35. The third kappa shape index (κ3) is 5.22. The Morgan fingerprint density at radius 2 is 1.58 bits per heavy atom. The monoisotopic (exact) mass is 610 g/mol. The maximum absolute atomic E-state index is 13.3. The van der Waals surface area contributed by atoms with Crippen molar-refractivity contribution in [2.75, 3.05) is 10.6 Å². The predicted molar refractivity (Wildman–Crippen MR) is 172 cm³/mol. The standard InChI is InChI=1S/C33H24Cl2N4O4/c1-16-5-3-4-6-26(16)38-33(43)39-31(41)22-11-9-20(15-25(22)35)36-32(42)24-13-18-7-10-21-23-14-19(34)8-12-27(23)37-29(21)28(18)17(2)30(24)40/h3-15,37,40H,1-2H3,(H,36,42)(H2,38,39,41,43). The average molecular weight is 611 g/mol. The third-order valence-electron chi connectivity index (χ3n) is 7.39. The van der Waals surface area contributed by atoms with Crippen LogP contribution in [0.5, 0.6) is 5.75 Å². The van der Waals surface area contributed by atoms with Crippen molar-refractivity contribution in [2.45, 2.75) is 13.8 Å². The fourth-order valence-corrected chi connectivity index (χ4v) is 5.65. The number of amides is 4. The van der Waals surface area contributed by atoms with Crippen molar-refractivity contribution in [1.82, 2.24) is 10.3 Å². The minimum atomic E-state index is -0.706. The molecule has 214 valence electrons. The number of carbonyl (C=O) groups is 3. The number of fused-ring (bicyclic) bond motifs is 5. The summed E-state index contributed by atoms with van der Waals surface area (Å²) in [4.78, 5) is 41.7. The highest BCUT2D eigenvalue weighted by Crippen LogP contribution is 2.38. The Bertz CT molecular complexity index is 2140. The van der Waals surface area contributed by atoms with Crippen LogP contribution in [-0.4, -0.2) is 27.9 Å². The number of urea groups is 1. The van der Waals surface area contributed by atoms with E-state index in [-0.39, 0.29) is 21.9 Å². The van der Waals surface area contributed by atoms with Gasteiger partial charge in [-0.3, -0.25) is 14.9 Å². The van der Waals surface area contributed by atoms with Gasteiger partial charge in [0, 0.05) is 43.6 Å². The van der Waals surface area contributed by atoms with E-state index < -0.39 is 17.8 Å². The van der Waals surface area contributed by atoms with E-state index in [0.29, 0.717) is 22.0 Å². The first-order valence-corrected chi connectivity index (χ1v) is 14.0. The molecule has 10 heteroatoms. The molecule has 0 fully saturated rings. The van der Waals surface area contributed by atoms with E-state index in [0.717, 1.165) is 38.1 Å². The number of hydrogen-bond donors (Lipinski definition) is 5. The number of anilines is 2. The second-order valence-electron chi connectivity index (χ2n) is 10.2. The molecule has 0 unspecified atom stereocenters. The van der Waals surface area contributed by atoms with E-state index in [1.165, 1.54) is 18.2 Å². The highest BCUT2D eigenvalue weighted by atomic mass is 35.5. The lowest BCUT2D eigenvalue weighted by atomic mass is 9.97. The molecule has 4 amide bonds. The second kappa shape index (κ2) is 11.0. The van der Waals surface area contributed by atoms with Gasteiger partial charge < -0.3 is 20.7 Å². The quantitative estimate of drug-likeness (QED) is 0.138. The van der Waals surface area contributed by atoms with Gasteiger partial charge in [-0.05, 0) is 73.3 Å². The molecule has 0 radical (unpaired) electrons. The summed E-state index contributed by atoms with van der Waals surface area (Å²) in [5, 5.41) is 22.8. The van der Waals surface area contributed by atoms with Crippen molar-refractivity contribution in [3.8, 4) is 5.75 Å². The minimum absolute atomic E-state index is 0.0270. The molecular weight excluding hydrogens is 587 g/mol. The first-order valence-electron chi connectivity index (χ1n) is 13.3. The molecule has 8 nitrogen and oxygen atoms in total. The molecule has 0 spiro atoms. The van der Waals surface area contributed by atoms with E-state index in [4.69, 9.17) is 23.2 Å². The zero-order valence-electron chi connectivity index (χ0n) is 22.9. The Morgan fingerprint density at radius 3 is 2.35 bits per heavy atom. The molecule has 43 heavy (non-hydrogen) atoms. The number of rotatable bonds is 4. The maximum Gasteiger partial charge on any atom is 0.326 e. The number of phenols is 1. The lowest BCUT2D eigenvalue weighted by Crippen LogP contribution is -2.34. The molecule has 6 rings (SSSR count). The number of hydrogen-bond acceptors (Lipinski definition) is 4. The predicted octanol–water partition coefficient (Wildman–Crippen LogP) is 8.32. The molecule has 0 aliphatic rings. The van der Waals surface area contributed by atoms with Gasteiger partial charge in [0.25, 0.3) is 11.8 Å². The number of aryl methyl sites for hydroxylation is 2. The molecule has 5 aromatic carbocycles. The number of benzene rings is 5. The van der Waals surface area contributed by atoms with E-state index >= 15 is 0 Å². The van der Waals surface area contributed by atoms with E-state index in [1.807, 2.05) is 49.4 Å². The van der Waals surface area contributed by atoms with Crippen LogP contribution in [0, 0.1) is 13.8 Å². The molecule has 0 bridgehead atoms. The Labute approximate surface area is 255 Å². The van der Waals surface area contributed by atoms with Gasteiger partial charge in [-0.2, -0.15) is 0 Å². The summed E-state index contributed by atoms with van der Waals surface area (Å²) in [6, 6.07) is 21.8. The first-order chi connectivity index (χ1) is 20.6. The van der Waals surface area contributed by atoms with Gasteiger partial charge in [0.05, 0.1) is 21.7 Å². The molecule has 0 saturated heterocycles. The fourth-order valence-electron chi connectivity index (χ4n) is 5.21. The maximum atomic E-state index is 13.3. The van der Waals surface area contributed by atoms with Crippen molar-refractivity contribution in [3.05, 3.63) is 111 Å². The molecule has 5 N–H and O–H groups in total. The molecular formula is C33H24Cl2N4O4. The Kier molecular flexibility index (Phi) is 7.17. The fraction of sp³-hybridized carbons (Fsp3) is 0.0606. The van der Waals surface area contributed by atoms with Crippen LogP contribution in [0.15, 0.2) is 78.9 Å². The van der Waals surface area contributed by atoms with Gasteiger partial charge in [0.2, 0.25) is 0 Å². The van der Waals surface area contributed by atoms with Crippen molar-refractivity contribution in [3.63, 3.8) is 0 Å². The van der Waals surface area contributed by atoms with Crippen LogP contribution in [0.3, 0.4) is 0 Å². The van der Waals surface area contributed by atoms with E-state index in [9.17, 15) is 19.5 Å². The Morgan fingerprint density at radius 1 is 0.791 bits per heavy atom. The summed E-state index contributed by atoms with van der Waals surface area (Å²) in [7, 11) is 0. The van der Waals surface area contributed by atoms with Crippen LogP contribution in [0.25, 0.3) is 32.6 Å². The Hall–Kier alpha value is -5.05. The normalized spacial score (nSPS) is 11.2. The van der Waals surface area contributed by atoms with Crippen molar-refractivity contribution >= 4 is 85.0 Å². The minimum Gasteiger partial charge on any atom is -0.507 e. The first kappa shape index (κ1) is 28.1. The molecule has 6 aromatic rings. The SMILES string of the molecule is Cc1ccccc1NC(=O)NC(=O)c1ccc(NC(=O)c2cc3ccc4c5cc(Cl)ccc5[nH]c4c3c(C)c2O)cc1Cl. The molecule has 1 aromatic heterocycles. The van der Waals surface area contributed by atoms with E-state index in [1.54, 1.807) is 25.1 Å². The molecule has 0 saturated carbocycles. The zero-order chi connectivity index (χ0) is 30.4. The van der Waals surface area contributed by atoms with Gasteiger partial charge in [-0.25, -0.2) is 4.79 Å². The highest BCUT2D eigenvalue weighted by Gasteiger charge is 2.20. The van der Waals surface area contributed by atoms with Crippen LogP contribution in [-0.2, 0) is 0 Å². The van der Waals surface area contributed by atoms with Gasteiger partial charge >= 0.3 is 6.03 Å². The van der Waals surface area contributed by atoms with Crippen LogP contribution in [0.1, 0.15) is 31.8 Å². The molecule has 0 aliphatic carbocycles. The number of aromatic nitrogens is 1. The lowest BCUT2D eigenvalue weighted by molar-refractivity contribution is 0.0966. The molecule has 0 aliphatic heterocycles. The van der Waals surface area contributed by atoms with Crippen LogP contribution in [0.4, 0.5) is 16.2 Å². The smallest absolute Gasteiger partial charge is 0.326 e. The van der Waals surface area contributed by atoms with Crippen LogP contribution in [0.2, 0.25) is 10.0 Å². The number of para-hydroxylation sites is 1. The number of phenolic OH excluding ortho intramolecular Hbond substituents is 1. The zero-order valence-corrected chi connectivity index (χ0v) is 24.4. The van der Waals surface area contributed by atoms with Crippen LogP contribution < -0.4 is 16.0 Å². The number of aromatic amines is 1. The van der Waals surface area contributed by atoms with Gasteiger partial charge in [0.1, 0.15) is 5.75 Å². The average Bonchev–Trinajstić information content (AvgIpc) is 3.33. The lowest BCUT2D eigenvalue weighted by Gasteiger charge is -2.13. The number of H-pyrrole nitrogens is 1. The largest absolute Gasteiger partial charge is 0.507 e. The van der Waals surface area contributed by atoms with Crippen molar-refractivity contribution in [2.24, 2.45) is 0 Å². The van der Waals surface area contributed by atoms with Gasteiger partial charge in [-0.15, -0.1) is 0 Å². The van der Waals surface area contributed by atoms with Crippen LogP contribution >= 0.6 is 23.2 Å². The van der Waals surface area contributed by atoms with Crippen molar-refractivity contribution in [1.29, 1.82) is 0 Å². The summed E-state index contributed by atoms with van der Waals surface area (Å²) < 4.78 is 0. The summed E-state index contributed by atoms with van der Waals surface area (Å²) in [6.07, 6.45) is 0. The number of aromatic hydroxyl groups is 1. The molecule has 1 heterocycles. The van der Waals surface area contributed by atoms with E-state index in [2.05, 4.69) is 20.9 Å². The number of halogens is 2. The summed E-state index contributed by atoms with van der Waals surface area (Å²) >= 11 is 12.6. The van der Waals surface area contributed by atoms with Crippen molar-refractivity contribution < 1.29 is 19.5 Å². The number of imide groups is 1. The van der Waals surface area contributed by atoms with Gasteiger partial charge in [0.15, 0.2) is 0 Å².